The number of amides is 2. The zero-order valence-corrected chi connectivity index (χ0v) is 13.6. The minimum atomic E-state index is -0.283. The molecule has 4 heteroatoms. The van der Waals surface area contributed by atoms with E-state index in [-0.39, 0.29) is 35.4 Å². The van der Waals surface area contributed by atoms with Crippen molar-refractivity contribution in [3.8, 4) is 0 Å². The minimum Gasteiger partial charge on any atom is -0.329 e. The van der Waals surface area contributed by atoms with Gasteiger partial charge in [0.15, 0.2) is 0 Å². The average Bonchev–Trinajstić information content (AvgIpc) is 2.46. The maximum absolute atomic E-state index is 13.0. The molecule has 0 aromatic rings. The average molecular weight is 292 g/mol. The maximum atomic E-state index is 13.0. The zero-order chi connectivity index (χ0) is 15.2. The molecule has 0 spiro atoms. The van der Waals surface area contributed by atoms with Gasteiger partial charge in [-0.05, 0) is 44.4 Å². The highest BCUT2D eigenvalue weighted by Gasteiger charge is 2.50. The van der Waals surface area contributed by atoms with Crippen molar-refractivity contribution in [1.82, 2.24) is 9.80 Å². The van der Waals surface area contributed by atoms with Crippen molar-refractivity contribution in [2.45, 2.75) is 83.8 Å². The number of fused-ring (bicyclic) bond motifs is 1. The summed E-state index contributed by atoms with van der Waals surface area (Å²) in [5.41, 5.74) is 0.124. The normalized spacial score (nSPS) is 36.6. The zero-order valence-electron chi connectivity index (χ0n) is 13.6. The Morgan fingerprint density at radius 1 is 1.00 bits per heavy atom. The van der Waals surface area contributed by atoms with Crippen LogP contribution in [-0.4, -0.2) is 46.3 Å². The molecule has 2 saturated heterocycles. The van der Waals surface area contributed by atoms with E-state index in [1.165, 1.54) is 12.8 Å². The van der Waals surface area contributed by atoms with E-state index in [1.807, 2.05) is 16.7 Å². The summed E-state index contributed by atoms with van der Waals surface area (Å²) in [6.45, 7) is 7.21. The van der Waals surface area contributed by atoms with E-state index >= 15 is 0 Å². The summed E-state index contributed by atoms with van der Waals surface area (Å²) in [5, 5.41) is 0. The second-order valence-corrected chi connectivity index (χ2v) is 7.71. The lowest BCUT2D eigenvalue weighted by Crippen LogP contribution is -2.68. The van der Waals surface area contributed by atoms with Gasteiger partial charge in [-0.25, -0.2) is 0 Å². The predicted octanol–water partition coefficient (Wildman–Crippen LogP) is 2.57. The van der Waals surface area contributed by atoms with Crippen LogP contribution in [0.3, 0.4) is 0 Å². The van der Waals surface area contributed by atoms with Gasteiger partial charge >= 0.3 is 0 Å². The molecule has 1 aliphatic carbocycles. The third-order valence-corrected chi connectivity index (χ3v) is 5.89. The Labute approximate surface area is 127 Å². The molecule has 3 aliphatic rings. The van der Waals surface area contributed by atoms with E-state index in [0.717, 1.165) is 38.6 Å². The van der Waals surface area contributed by atoms with Gasteiger partial charge in [0.1, 0.15) is 12.1 Å². The van der Waals surface area contributed by atoms with Crippen molar-refractivity contribution in [1.29, 1.82) is 0 Å². The summed E-state index contributed by atoms with van der Waals surface area (Å²) in [7, 11) is 0. The van der Waals surface area contributed by atoms with Crippen molar-refractivity contribution >= 4 is 11.8 Å². The number of hydrogen-bond acceptors (Lipinski definition) is 2. The summed E-state index contributed by atoms with van der Waals surface area (Å²) in [5.74, 6) is 0.377. The number of carbonyl (C=O) groups is 2. The summed E-state index contributed by atoms with van der Waals surface area (Å²) < 4.78 is 0. The summed E-state index contributed by atoms with van der Waals surface area (Å²) in [6.07, 6.45) is 7.56. The van der Waals surface area contributed by atoms with Crippen LogP contribution < -0.4 is 0 Å². The molecule has 3 fully saturated rings. The number of carbonyl (C=O) groups excluding carboxylic acids is 2. The summed E-state index contributed by atoms with van der Waals surface area (Å²) in [6, 6.07) is -0.240. The van der Waals surface area contributed by atoms with Crippen LogP contribution in [0.25, 0.3) is 0 Å². The van der Waals surface area contributed by atoms with E-state index in [9.17, 15) is 9.59 Å². The standard InChI is InChI=1S/C17H28N2O2/c1-12-15(20)18-11-7-5-8-13(18)16(21)19(12)14-9-4-6-10-17(14,2)3/h12-14H,4-11H2,1-3H3. The Bertz CT molecular complexity index is 446. The van der Waals surface area contributed by atoms with Crippen molar-refractivity contribution < 1.29 is 9.59 Å². The van der Waals surface area contributed by atoms with E-state index in [0.29, 0.717) is 0 Å². The third-order valence-electron chi connectivity index (χ3n) is 5.89. The van der Waals surface area contributed by atoms with E-state index < -0.39 is 0 Å². The van der Waals surface area contributed by atoms with Gasteiger partial charge in [0.2, 0.25) is 11.8 Å². The first-order chi connectivity index (χ1) is 9.93. The van der Waals surface area contributed by atoms with Gasteiger partial charge in [0.25, 0.3) is 0 Å². The first-order valence-electron chi connectivity index (χ1n) is 8.56. The highest BCUT2D eigenvalue weighted by atomic mass is 16.2. The lowest BCUT2D eigenvalue weighted by atomic mass is 9.71. The molecule has 1 saturated carbocycles. The maximum Gasteiger partial charge on any atom is 0.246 e. The minimum absolute atomic E-state index is 0.124. The molecule has 0 N–H and O–H groups in total. The first kappa shape index (κ1) is 14.9. The quantitative estimate of drug-likeness (QED) is 0.745. The highest BCUT2D eigenvalue weighted by molar-refractivity contribution is 5.97. The molecular formula is C17H28N2O2. The Morgan fingerprint density at radius 2 is 1.71 bits per heavy atom. The number of hydrogen-bond donors (Lipinski definition) is 0. The molecule has 3 rings (SSSR count). The predicted molar refractivity (Wildman–Crippen MR) is 81.7 cm³/mol. The largest absolute Gasteiger partial charge is 0.329 e. The molecule has 2 aliphatic heterocycles. The number of piperazine rings is 1. The Morgan fingerprint density at radius 3 is 2.43 bits per heavy atom. The molecule has 0 bridgehead atoms. The molecule has 3 atom stereocenters. The van der Waals surface area contributed by atoms with Crippen LogP contribution in [0, 0.1) is 5.41 Å². The molecule has 2 heterocycles. The molecule has 3 unspecified atom stereocenters. The van der Waals surface area contributed by atoms with Gasteiger partial charge in [0.05, 0.1) is 0 Å². The van der Waals surface area contributed by atoms with Gasteiger partial charge < -0.3 is 9.80 Å². The van der Waals surface area contributed by atoms with Gasteiger partial charge in [-0.2, -0.15) is 0 Å². The summed E-state index contributed by atoms with van der Waals surface area (Å²) >= 11 is 0. The smallest absolute Gasteiger partial charge is 0.246 e. The second kappa shape index (κ2) is 5.29. The van der Waals surface area contributed by atoms with Crippen molar-refractivity contribution in [2.24, 2.45) is 5.41 Å². The van der Waals surface area contributed by atoms with Crippen LogP contribution in [0.2, 0.25) is 0 Å². The Kier molecular flexibility index (Phi) is 3.74. The van der Waals surface area contributed by atoms with Crippen LogP contribution in [0.5, 0.6) is 0 Å². The van der Waals surface area contributed by atoms with E-state index in [1.54, 1.807) is 0 Å². The SMILES string of the molecule is CC1C(=O)N2CCCCC2C(=O)N1C1CCCCC1(C)C. The molecule has 0 aromatic carbocycles. The number of rotatable bonds is 1. The van der Waals surface area contributed by atoms with Gasteiger partial charge in [0, 0.05) is 12.6 Å². The molecule has 118 valence electrons. The van der Waals surface area contributed by atoms with Crippen molar-refractivity contribution in [3.05, 3.63) is 0 Å². The fourth-order valence-corrected chi connectivity index (χ4v) is 4.59. The van der Waals surface area contributed by atoms with Gasteiger partial charge in [-0.15, -0.1) is 0 Å². The molecule has 2 amide bonds. The fraction of sp³-hybridized carbons (Fsp3) is 0.882. The van der Waals surface area contributed by atoms with Gasteiger partial charge in [-0.1, -0.05) is 26.7 Å². The van der Waals surface area contributed by atoms with Crippen LogP contribution >= 0.6 is 0 Å². The lowest BCUT2D eigenvalue weighted by molar-refractivity contribution is -0.169. The second-order valence-electron chi connectivity index (χ2n) is 7.71. The fourth-order valence-electron chi connectivity index (χ4n) is 4.59. The number of nitrogens with zero attached hydrogens (tertiary/aromatic N) is 2. The Hall–Kier alpha value is -1.06. The van der Waals surface area contributed by atoms with Crippen LogP contribution in [-0.2, 0) is 9.59 Å². The van der Waals surface area contributed by atoms with E-state index in [2.05, 4.69) is 13.8 Å². The van der Waals surface area contributed by atoms with Crippen LogP contribution in [0.15, 0.2) is 0 Å². The highest BCUT2D eigenvalue weighted by Crippen LogP contribution is 2.41. The monoisotopic (exact) mass is 292 g/mol. The number of piperidine rings is 1. The van der Waals surface area contributed by atoms with Crippen molar-refractivity contribution in [3.63, 3.8) is 0 Å². The van der Waals surface area contributed by atoms with Crippen molar-refractivity contribution in [2.75, 3.05) is 6.54 Å². The molecular weight excluding hydrogens is 264 g/mol. The third kappa shape index (κ3) is 2.36. The molecule has 0 radical (unpaired) electrons. The van der Waals surface area contributed by atoms with E-state index in [4.69, 9.17) is 0 Å². The van der Waals surface area contributed by atoms with Gasteiger partial charge in [-0.3, -0.25) is 9.59 Å². The lowest BCUT2D eigenvalue weighted by Gasteiger charge is -2.53. The molecule has 21 heavy (non-hydrogen) atoms. The Balaban J connectivity index is 1.90. The molecule has 4 nitrogen and oxygen atoms in total. The van der Waals surface area contributed by atoms with Crippen LogP contribution in [0.4, 0.5) is 0 Å². The first-order valence-corrected chi connectivity index (χ1v) is 8.56. The topological polar surface area (TPSA) is 40.6 Å². The molecule has 0 aromatic heterocycles. The summed E-state index contributed by atoms with van der Waals surface area (Å²) in [4.78, 5) is 29.6. The van der Waals surface area contributed by atoms with Crippen LogP contribution in [0.1, 0.15) is 65.7 Å².